The van der Waals surface area contributed by atoms with Gasteiger partial charge in [0.1, 0.15) is 11.4 Å². The van der Waals surface area contributed by atoms with Gasteiger partial charge in [-0.1, -0.05) is 64.1 Å². The molecule has 0 unspecified atom stereocenters. The molecule has 1 aliphatic carbocycles. The molecule has 1 saturated carbocycles. The fourth-order valence-electron chi connectivity index (χ4n) is 6.02. The van der Waals surface area contributed by atoms with Crippen LogP contribution in [0.25, 0.3) is 0 Å². The maximum absolute atomic E-state index is 13.8. The zero-order valence-electron chi connectivity index (χ0n) is 24.6. The van der Waals surface area contributed by atoms with Gasteiger partial charge in [-0.2, -0.15) is 13.2 Å². The maximum atomic E-state index is 13.8. The molecule has 2 aromatic rings. The number of amides is 1. The van der Waals surface area contributed by atoms with Crippen LogP contribution >= 0.6 is 0 Å². The summed E-state index contributed by atoms with van der Waals surface area (Å²) in [5.41, 5.74) is 0.158. The quantitative estimate of drug-likeness (QED) is 0.316. The third-order valence-electron chi connectivity index (χ3n) is 8.87. The molecular formula is C33H39F3N2O4. The Kier molecular flexibility index (Phi) is 9.00. The highest BCUT2D eigenvalue weighted by molar-refractivity contribution is 6.46. The van der Waals surface area contributed by atoms with E-state index in [9.17, 15) is 27.6 Å². The van der Waals surface area contributed by atoms with Gasteiger partial charge < -0.3 is 10.0 Å². The van der Waals surface area contributed by atoms with Crippen molar-refractivity contribution in [2.45, 2.75) is 84.5 Å². The van der Waals surface area contributed by atoms with E-state index in [1.54, 1.807) is 24.0 Å². The molecule has 42 heavy (non-hydrogen) atoms. The van der Waals surface area contributed by atoms with Gasteiger partial charge in [-0.05, 0) is 67.6 Å². The van der Waals surface area contributed by atoms with Crippen LogP contribution in [0.3, 0.4) is 0 Å². The Labute approximate surface area is 245 Å². The molecule has 0 bridgehead atoms. The summed E-state index contributed by atoms with van der Waals surface area (Å²) in [6.07, 6.45) is -0.610. The van der Waals surface area contributed by atoms with Crippen molar-refractivity contribution >= 4 is 23.4 Å². The van der Waals surface area contributed by atoms with E-state index >= 15 is 0 Å². The molecule has 2 aromatic carbocycles. The highest BCUT2D eigenvalue weighted by Gasteiger charge is 2.50. The van der Waals surface area contributed by atoms with Crippen LogP contribution in [0.4, 0.5) is 13.2 Å². The molecule has 4 rings (SSSR count). The number of aliphatic imine (C=N–C) groups is 1. The molecule has 1 aliphatic heterocycles. The summed E-state index contributed by atoms with van der Waals surface area (Å²) in [5, 5.41) is 9.04. The van der Waals surface area contributed by atoms with Gasteiger partial charge >= 0.3 is 12.1 Å². The zero-order valence-corrected chi connectivity index (χ0v) is 24.6. The zero-order chi connectivity index (χ0) is 30.9. The van der Waals surface area contributed by atoms with E-state index in [0.717, 1.165) is 30.5 Å². The fraction of sp³-hybridized carbons (Fsp3) is 0.515. The average molecular weight is 585 g/mol. The Morgan fingerprint density at radius 3 is 2.29 bits per heavy atom. The molecule has 1 spiro atoms. The first-order valence-electron chi connectivity index (χ1n) is 14.5. The number of carbonyl (C=O) groups is 3. The van der Waals surface area contributed by atoms with Crippen LogP contribution in [0.5, 0.6) is 0 Å². The van der Waals surface area contributed by atoms with Gasteiger partial charge in [0.05, 0.1) is 11.5 Å². The van der Waals surface area contributed by atoms with E-state index in [1.807, 2.05) is 12.1 Å². The number of carboxylic acids is 1. The summed E-state index contributed by atoms with van der Waals surface area (Å²) >= 11 is 0. The number of hydrogen-bond acceptors (Lipinski definition) is 4. The topological polar surface area (TPSA) is 87.0 Å². The molecule has 1 amide bonds. The minimum absolute atomic E-state index is 0.0758. The number of halogens is 3. The molecule has 0 radical (unpaired) electrons. The van der Waals surface area contributed by atoms with Gasteiger partial charge in [0.2, 0.25) is 0 Å². The minimum atomic E-state index is -4.53. The van der Waals surface area contributed by atoms with Gasteiger partial charge in [-0.25, -0.2) is 0 Å². The second-order valence-corrected chi connectivity index (χ2v) is 12.8. The summed E-state index contributed by atoms with van der Waals surface area (Å²) in [5.74, 6) is -1.56. The van der Waals surface area contributed by atoms with Crippen LogP contribution in [-0.4, -0.2) is 45.6 Å². The second kappa shape index (κ2) is 12.0. The predicted octanol–water partition coefficient (Wildman–Crippen LogP) is 7.20. The van der Waals surface area contributed by atoms with Crippen LogP contribution in [0.2, 0.25) is 0 Å². The summed E-state index contributed by atoms with van der Waals surface area (Å²) < 4.78 is 40.3. The largest absolute Gasteiger partial charge is 0.481 e. The number of carbonyl (C=O) groups excluding carboxylic acids is 2. The number of ketones is 1. The van der Waals surface area contributed by atoms with Crippen molar-refractivity contribution < 1.29 is 32.7 Å². The number of Topliss-reactive ketones (excluding diaryl/α,β-unsaturated/α-hetero) is 1. The molecule has 9 heteroatoms. The van der Waals surface area contributed by atoms with Gasteiger partial charge in [0, 0.05) is 24.1 Å². The van der Waals surface area contributed by atoms with E-state index in [0.29, 0.717) is 37.3 Å². The van der Waals surface area contributed by atoms with E-state index in [1.165, 1.54) is 12.1 Å². The molecule has 1 N–H and O–H groups in total. The van der Waals surface area contributed by atoms with Crippen LogP contribution in [0.15, 0.2) is 53.5 Å². The number of hydrogen-bond donors (Lipinski definition) is 1. The molecule has 1 atom stereocenters. The van der Waals surface area contributed by atoms with Gasteiger partial charge in [0.15, 0.2) is 5.78 Å². The Bertz CT molecular complexity index is 1350. The van der Waals surface area contributed by atoms with Crippen molar-refractivity contribution in [3.63, 3.8) is 0 Å². The molecule has 2 aliphatic rings. The number of aliphatic carboxylic acids is 1. The summed E-state index contributed by atoms with van der Waals surface area (Å²) in [7, 11) is 0. The third kappa shape index (κ3) is 6.93. The third-order valence-corrected chi connectivity index (χ3v) is 8.87. The lowest BCUT2D eigenvalue weighted by Gasteiger charge is -2.45. The lowest BCUT2D eigenvalue weighted by atomic mass is 9.69. The van der Waals surface area contributed by atoms with Gasteiger partial charge in [-0.3, -0.25) is 19.4 Å². The van der Waals surface area contributed by atoms with Crippen LogP contribution in [0, 0.1) is 17.3 Å². The van der Waals surface area contributed by atoms with E-state index in [-0.39, 0.29) is 41.2 Å². The number of alkyl halides is 3. The lowest BCUT2D eigenvalue weighted by Crippen LogP contribution is -2.50. The summed E-state index contributed by atoms with van der Waals surface area (Å²) in [4.78, 5) is 44.0. The highest BCUT2D eigenvalue weighted by atomic mass is 19.4. The van der Waals surface area contributed by atoms with Crippen LogP contribution < -0.4 is 0 Å². The van der Waals surface area contributed by atoms with E-state index < -0.39 is 29.3 Å². The molecule has 1 fully saturated rings. The van der Waals surface area contributed by atoms with Crippen LogP contribution in [0.1, 0.15) is 93.3 Å². The minimum Gasteiger partial charge on any atom is -0.481 e. The normalized spacial score (nSPS) is 21.9. The first-order chi connectivity index (χ1) is 19.6. The predicted molar refractivity (Wildman–Crippen MR) is 154 cm³/mol. The van der Waals surface area contributed by atoms with Crippen molar-refractivity contribution in [3.05, 3.63) is 70.8 Å². The fourth-order valence-corrected chi connectivity index (χ4v) is 6.02. The van der Waals surface area contributed by atoms with E-state index in [4.69, 9.17) is 10.1 Å². The number of carboxylic acid groups (broad SMARTS) is 1. The first-order valence-corrected chi connectivity index (χ1v) is 14.5. The Morgan fingerprint density at radius 1 is 1.07 bits per heavy atom. The summed E-state index contributed by atoms with van der Waals surface area (Å²) in [6.45, 7) is 8.51. The molecule has 6 nitrogen and oxygen atoms in total. The Hall–Kier alpha value is -3.49. The first kappa shape index (κ1) is 31.4. The van der Waals surface area contributed by atoms with Crippen molar-refractivity contribution in [3.8, 4) is 0 Å². The number of benzene rings is 2. The van der Waals surface area contributed by atoms with Gasteiger partial charge in [0.25, 0.3) is 5.91 Å². The van der Waals surface area contributed by atoms with Gasteiger partial charge in [-0.15, -0.1) is 0 Å². The van der Waals surface area contributed by atoms with Crippen LogP contribution in [-0.2, 0) is 22.2 Å². The lowest BCUT2D eigenvalue weighted by molar-refractivity contribution is -0.141. The van der Waals surface area contributed by atoms with Crippen molar-refractivity contribution in [2.75, 3.05) is 6.54 Å². The molecular weight excluding hydrogens is 545 g/mol. The van der Waals surface area contributed by atoms with E-state index in [2.05, 4.69) is 20.8 Å². The molecule has 1 heterocycles. The van der Waals surface area contributed by atoms with Crippen molar-refractivity contribution in [2.24, 2.45) is 22.2 Å². The highest BCUT2D eigenvalue weighted by Crippen LogP contribution is 2.46. The molecule has 0 saturated heterocycles. The maximum Gasteiger partial charge on any atom is 0.416 e. The standard InChI is InChI=1S/C33H39F3N2O4/c1-21(30(41)42)8-13-27(39)23-11-9-22(10-12-23)16-19-38-29(40)28(24-6-5-7-26(20-24)33(34,35)36)37-32(38)17-14-25(15-18-32)31(2,3)4/h5-7,9-12,20-21,25H,8,13-19H2,1-4H3,(H,41,42)/t21-,25?,32?/m1/s1. The number of rotatable bonds is 9. The molecule has 0 aromatic heterocycles. The Balaban J connectivity index is 1.53. The second-order valence-electron chi connectivity index (χ2n) is 12.8. The SMILES string of the molecule is C[C@H](CCC(=O)c1ccc(CCN2C(=O)C(c3cccc(C(F)(F)F)c3)=NC23CCC(C(C)(C)C)CC3)cc1)C(=O)O. The smallest absolute Gasteiger partial charge is 0.416 e. The summed E-state index contributed by atoms with van der Waals surface area (Å²) in [6, 6.07) is 11.9. The Morgan fingerprint density at radius 2 is 1.71 bits per heavy atom. The van der Waals surface area contributed by atoms with Crippen molar-refractivity contribution in [1.29, 1.82) is 0 Å². The molecule has 226 valence electrons. The average Bonchev–Trinajstić information content (AvgIpc) is 3.20. The number of nitrogens with zero attached hydrogens (tertiary/aromatic N) is 2. The monoisotopic (exact) mass is 584 g/mol. The van der Waals surface area contributed by atoms with Crippen molar-refractivity contribution in [1.82, 2.24) is 4.90 Å².